The Kier molecular flexibility index (Phi) is 4.59. The lowest BCUT2D eigenvalue weighted by atomic mass is 9.93. The number of thiazole rings is 1. The molecule has 2 amide bonds. The summed E-state index contributed by atoms with van der Waals surface area (Å²) in [5.41, 5.74) is -0.589. The van der Waals surface area contributed by atoms with Crippen LogP contribution in [0.25, 0.3) is 0 Å². The van der Waals surface area contributed by atoms with Gasteiger partial charge in [0.15, 0.2) is 0 Å². The Labute approximate surface area is 121 Å². The standard InChI is InChI=1S/C13H19N3O3S/c1-9-7-14-10(20-9)8-15-12(19)16-13(6-11(17)18)4-2-3-5-13/h7H,2-6,8H2,1H3,(H,17,18)(H2,15,16,19). The number of rotatable bonds is 5. The van der Waals surface area contributed by atoms with Crippen LogP contribution in [0.15, 0.2) is 6.20 Å². The number of nitrogens with one attached hydrogen (secondary N) is 2. The zero-order valence-electron chi connectivity index (χ0n) is 11.4. The molecular weight excluding hydrogens is 278 g/mol. The van der Waals surface area contributed by atoms with Crippen LogP contribution in [0.4, 0.5) is 4.79 Å². The summed E-state index contributed by atoms with van der Waals surface area (Å²) in [7, 11) is 0. The molecule has 0 spiro atoms. The first-order chi connectivity index (χ1) is 9.49. The number of carboxylic acid groups (broad SMARTS) is 1. The van der Waals surface area contributed by atoms with Crippen molar-refractivity contribution in [1.82, 2.24) is 15.6 Å². The van der Waals surface area contributed by atoms with Gasteiger partial charge >= 0.3 is 12.0 Å². The van der Waals surface area contributed by atoms with Crippen LogP contribution in [0.1, 0.15) is 42.0 Å². The Morgan fingerprint density at radius 3 is 2.70 bits per heavy atom. The van der Waals surface area contributed by atoms with Crippen LogP contribution in [0.3, 0.4) is 0 Å². The number of aliphatic carboxylic acids is 1. The normalized spacial score (nSPS) is 16.9. The molecule has 0 radical (unpaired) electrons. The molecule has 1 aromatic rings. The summed E-state index contributed by atoms with van der Waals surface area (Å²) in [5.74, 6) is -0.872. The fourth-order valence-corrected chi connectivity index (χ4v) is 3.34. The molecule has 1 aliphatic carbocycles. The maximum Gasteiger partial charge on any atom is 0.315 e. The second-order valence-corrected chi connectivity index (χ2v) is 6.55. The van der Waals surface area contributed by atoms with Crippen molar-refractivity contribution in [1.29, 1.82) is 0 Å². The van der Waals surface area contributed by atoms with Gasteiger partial charge in [-0.15, -0.1) is 11.3 Å². The van der Waals surface area contributed by atoms with E-state index in [-0.39, 0.29) is 12.5 Å². The number of hydrogen-bond acceptors (Lipinski definition) is 4. The van der Waals surface area contributed by atoms with E-state index in [0.29, 0.717) is 6.54 Å². The molecule has 1 aromatic heterocycles. The van der Waals surface area contributed by atoms with Crippen LogP contribution >= 0.6 is 11.3 Å². The van der Waals surface area contributed by atoms with Crippen LogP contribution < -0.4 is 10.6 Å². The molecule has 0 aromatic carbocycles. The lowest BCUT2D eigenvalue weighted by Crippen LogP contribution is -2.51. The number of urea groups is 1. The summed E-state index contributed by atoms with van der Waals surface area (Å²) in [6.07, 6.45) is 5.11. The molecule has 0 aliphatic heterocycles. The van der Waals surface area contributed by atoms with E-state index in [2.05, 4.69) is 15.6 Å². The molecule has 110 valence electrons. The molecule has 1 heterocycles. The lowest BCUT2D eigenvalue weighted by molar-refractivity contribution is -0.138. The SMILES string of the molecule is Cc1cnc(CNC(=O)NC2(CC(=O)O)CCCC2)s1. The van der Waals surface area contributed by atoms with Crippen molar-refractivity contribution in [3.63, 3.8) is 0 Å². The molecule has 1 saturated carbocycles. The minimum absolute atomic E-state index is 0.0171. The van der Waals surface area contributed by atoms with Crippen LogP contribution in [0.2, 0.25) is 0 Å². The van der Waals surface area contributed by atoms with Crippen molar-refractivity contribution in [2.45, 2.75) is 51.1 Å². The van der Waals surface area contributed by atoms with Gasteiger partial charge in [-0.05, 0) is 19.8 Å². The molecule has 20 heavy (non-hydrogen) atoms. The first-order valence-corrected chi connectivity index (χ1v) is 7.50. The lowest BCUT2D eigenvalue weighted by Gasteiger charge is -2.28. The molecule has 2 rings (SSSR count). The highest BCUT2D eigenvalue weighted by Crippen LogP contribution is 2.32. The van der Waals surface area contributed by atoms with Gasteiger partial charge in [0.25, 0.3) is 0 Å². The second-order valence-electron chi connectivity index (χ2n) is 5.23. The van der Waals surface area contributed by atoms with E-state index in [9.17, 15) is 9.59 Å². The summed E-state index contributed by atoms with van der Waals surface area (Å²) in [6.45, 7) is 2.33. The third-order valence-corrected chi connectivity index (χ3v) is 4.41. The highest BCUT2D eigenvalue weighted by Gasteiger charge is 2.37. The highest BCUT2D eigenvalue weighted by atomic mass is 32.1. The molecule has 0 atom stereocenters. The van der Waals surface area contributed by atoms with Crippen molar-refractivity contribution >= 4 is 23.3 Å². The van der Waals surface area contributed by atoms with E-state index in [1.807, 2.05) is 6.92 Å². The fourth-order valence-electron chi connectivity index (χ4n) is 2.61. The molecule has 3 N–H and O–H groups in total. The third-order valence-electron chi connectivity index (χ3n) is 3.50. The van der Waals surface area contributed by atoms with E-state index >= 15 is 0 Å². The van der Waals surface area contributed by atoms with Crippen LogP contribution in [-0.2, 0) is 11.3 Å². The number of nitrogens with zero attached hydrogens (tertiary/aromatic N) is 1. The quantitative estimate of drug-likeness (QED) is 0.775. The zero-order chi connectivity index (χ0) is 14.6. The van der Waals surface area contributed by atoms with Crippen LogP contribution in [-0.4, -0.2) is 27.6 Å². The largest absolute Gasteiger partial charge is 0.481 e. The maximum absolute atomic E-state index is 11.9. The van der Waals surface area contributed by atoms with E-state index in [4.69, 9.17) is 5.11 Å². The van der Waals surface area contributed by atoms with Crippen LogP contribution in [0, 0.1) is 6.92 Å². The Hall–Kier alpha value is -1.63. The van der Waals surface area contributed by atoms with Gasteiger partial charge in [-0.3, -0.25) is 4.79 Å². The predicted molar refractivity (Wildman–Crippen MR) is 75.7 cm³/mol. The summed E-state index contributed by atoms with van der Waals surface area (Å²) in [6, 6.07) is -0.319. The van der Waals surface area contributed by atoms with Gasteiger partial charge in [-0.1, -0.05) is 12.8 Å². The summed E-state index contributed by atoms with van der Waals surface area (Å²) in [5, 5.41) is 15.4. The zero-order valence-corrected chi connectivity index (χ0v) is 12.3. The van der Waals surface area contributed by atoms with E-state index < -0.39 is 11.5 Å². The molecule has 1 fully saturated rings. The number of aryl methyl sites for hydroxylation is 1. The van der Waals surface area contributed by atoms with Gasteiger partial charge in [0.05, 0.1) is 18.5 Å². The minimum Gasteiger partial charge on any atom is -0.481 e. The van der Waals surface area contributed by atoms with Crippen LogP contribution in [0.5, 0.6) is 0 Å². The minimum atomic E-state index is -0.872. The Morgan fingerprint density at radius 2 is 2.15 bits per heavy atom. The average Bonchev–Trinajstić information content (AvgIpc) is 2.95. The van der Waals surface area contributed by atoms with Gasteiger partial charge in [0.1, 0.15) is 5.01 Å². The predicted octanol–water partition coefficient (Wildman–Crippen LogP) is 2.04. The fraction of sp³-hybridized carbons (Fsp3) is 0.615. The summed E-state index contributed by atoms with van der Waals surface area (Å²) in [4.78, 5) is 28.1. The average molecular weight is 297 g/mol. The number of carbonyl (C=O) groups excluding carboxylic acids is 1. The van der Waals surface area contributed by atoms with E-state index in [1.165, 1.54) is 11.3 Å². The van der Waals surface area contributed by atoms with E-state index in [1.54, 1.807) is 6.20 Å². The van der Waals surface area contributed by atoms with Gasteiger partial charge in [-0.25, -0.2) is 9.78 Å². The van der Waals surface area contributed by atoms with Crippen molar-refractivity contribution in [3.05, 3.63) is 16.1 Å². The molecule has 1 aliphatic rings. The highest BCUT2D eigenvalue weighted by molar-refractivity contribution is 7.11. The summed E-state index contributed by atoms with van der Waals surface area (Å²) >= 11 is 1.53. The van der Waals surface area contributed by atoms with E-state index in [0.717, 1.165) is 35.6 Å². The molecular formula is C13H19N3O3S. The smallest absolute Gasteiger partial charge is 0.315 e. The Balaban J connectivity index is 1.87. The molecule has 0 saturated heterocycles. The van der Waals surface area contributed by atoms with Gasteiger partial charge in [0.2, 0.25) is 0 Å². The van der Waals surface area contributed by atoms with Gasteiger partial charge < -0.3 is 15.7 Å². The molecule has 0 bridgehead atoms. The molecule has 6 nitrogen and oxygen atoms in total. The van der Waals surface area contributed by atoms with Crippen molar-refractivity contribution in [2.75, 3.05) is 0 Å². The van der Waals surface area contributed by atoms with Crippen molar-refractivity contribution in [3.8, 4) is 0 Å². The number of aromatic nitrogens is 1. The van der Waals surface area contributed by atoms with Gasteiger partial charge in [-0.2, -0.15) is 0 Å². The second kappa shape index (κ2) is 6.21. The Morgan fingerprint density at radius 1 is 1.45 bits per heavy atom. The first-order valence-electron chi connectivity index (χ1n) is 6.68. The van der Waals surface area contributed by atoms with Gasteiger partial charge in [0, 0.05) is 11.1 Å². The number of carboxylic acids is 1. The molecule has 0 unspecified atom stereocenters. The Bertz CT molecular complexity index is 495. The van der Waals surface area contributed by atoms with Crippen molar-refractivity contribution in [2.24, 2.45) is 0 Å². The first kappa shape index (κ1) is 14.8. The third kappa shape index (κ3) is 3.93. The summed E-state index contributed by atoms with van der Waals surface area (Å²) < 4.78 is 0. The number of carbonyl (C=O) groups is 2. The monoisotopic (exact) mass is 297 g/mol. The van der Waals surface area contributed by atoms with Crippen molar-refractivity contribution < 1.29 is 14.7 Å². The maximum atomic E-state index is 11.9. The topological polar surface area (TPSA) is 91.3 Å². The molecule has 7 heteroatoms. The number of amides is 2. The number of hydrogen-bond donors (Lipinski definition) is 3.